The summed E-state index contributed by atoms with van der Waals surface area (Å²) in [6.07, 6.45) is 0.635. The van der Waals surface area contributed by atoms with Crippen LogP contribution in [0, 0.1) is 11.6 Å². The van der Waals surface area contributed by atoms with Crippen molar-refractivity contribution in [2.24, 2.45) is 0 Å². The number of nitrogens with zero attached hydrogens (tertiary/aromatic N) is 1. The third kappa shape index (κ3) is 5.78. The molecule has 178 valence electrons. The maximum absolute atomic E-state index is 13.8. The molecule has 0 spiro atoms. The zero-order valence-corrected chi connectivity index (χ0v) is 19.1. The third-order valence-electron chi connectivity index (χ3n) is 5.62. The molecule has 1 amide bonds. The molecule has 6 nitrogen and oxygen atoms in total. The molecule has 0 aliphatic carbocycles. The Bertz CT molecular complexity index is 1260. The minimum absolute atomic E-state index is 0.0132. The van der Waals surface area contributed by atoms with Gasteiger partial charge in [-0.25, -0.2) is 21.9 Å². The van der Waals surface area contributed by atoms with E-state index in [1.807, 2.05) is 30.3 Å². The number of amides is 1. The normalized spacial score (nSPS) is 14.7. The van der Waals surface area contributed by atoms with Gasteiger partial charge in [-0.3, -0.25) is 4.79 Å². The second kappa shape index (κ2) is 10.3. The van der Waals surface area contributed by atoms with Crippen molar-refractivity contribution in [1.29, 1.82) is 0 Å². The molecule has 34 heavy (non-hydrogen) atoms. The number of piperidine rings is 1. The number of carbonyl (C=O) groups is 1. The van der Waals surface area contributed by atoms with E-state index in [0.29, 0.717) is 25.9 Å². The van der Waals surface area contributed by atoms with E-state index in [1.165, 1.54) is 24.3 Å². The molecule has 3 aromatic carbocycles. The lowest BCUT2D eigenvalue weighted by atomic mass is 10.1. The van der Waals surface area contributed by atoms with Gasteiger partial charge in [0.2, 0.25) is 10.0 Å². The van der Waals surface area contributed by atoms with Gasteiger partial charge in [-0.05, 0) is 35.9 Å². The molecular formula is C25H24F2N2O4S. The maximum atomic E-state index is 13.8. The lowest BCUT2D eigenvalue weighted by Crippen LogP contribution is -2.41. The summed E-state index contributed by atoms with van der Waals surface area (Å²) < 4.78 is 60.5. The molecule has 9 heteroatoms. The van der Waals surface area contributed by atoms with Gasteiger partial charge in [-0.1, -0.05) is 36.4 Å². The summed E-state index contributed by atoms with van der Waals surface area (Å²) in [4.78, 5) is 14.6. The summed E-state index contributed by atoms with van der Waals surface area (Å²) in [5.41, 5.74) is 1.09. The van der Waals surface area contributed by atoms with Crippen LogP contribution in [0.4, 0.5) is 8.78 Å². The van der Waals surface area contributed by atoms with E-state index in [9.17, 15) is 22.0 Å². The number of nitrogens with one attached hydrogen (secondary N) is 1. The number of likely N-dealkylation sites (tertiary alicyclic amines) is 1. The fourth-order valence-corrected chi connectivity index (χ4v) is 4.83. The van der Waals surface area contributed by atoms with Crippen molar-refractivity contribution < 1.29 is 26.7 Å². The third-order valence-corrected chi connectivity index (χ3v) is 7.02. The van der Waals surface area contributed by atoms with Crippen molar-refractivity contribution in [3.8, 4) is 5.75 Å². The van der Waals surface area contributed by atoms with Crippen LogP contribution >= 0.6 is 0 Å². The Labute approximate surface area is 197 Å². The summed E-state index contributed by atoms with van der Waals surface area (Å²) in [5.74, 6) is -1.75. The highest BCUT2D eigenvalue weighted by molar-refractivity contribution is 7.89. The van der Waals surface area contributed by atoms with Crippen molar-refractivity contribution in [3.63, 3.8) is 0 Å². The van der Waals surface area contributed by atoms with Gasteiger partial charge in [0.25, 0.3) is 5.91 Å². The van der Waals surface area contributed by atoms with Crippen molar-refractivity contribution in [2.75, 3.05) is 13.1 Å². The molecule has 4 rings (SSSR count). The lowest BCUT2D eigenvalue weighted by molar-refractivity contribution is 0.0588. The monoisotopic (exact) mass is 486 g/mol. The van der Waals surface area contributed by atoms with Crippen LogP contribution in [-0.4, -0.2) is 38.4 Å². The van der Waals surface area contributed by atoms with Gasteiger partial charge >= 0.3 is 0 Å². The number of rotatable bonds is 7. The predicted octanol–water partition coefficient (Wildman–Crippen LogP) is 4.13. The van der Waals surface area contributed by atoms with E-state index >= 15 is 0 Å². The van der Waals surface area contributed by atoms with Crippen molar-refractivity contribution in [1.82, 2.24) is 9.62 Å². The molecule has 0 bridgehead atoms. The van der Waals surface area contributed by atoms with Gasteiger partial charge in [-0.15, -0.1) is 0 Å². The minimum atomic E-state index is -3.80. The standard InChI is InChI=1S/C25H24F2N2O4S/c26-20-9-10-24(23(27)16-20)33-21-11-13-29(14-12-21)25(30)19-7-4-8-22(15-19)34(31,32)28-17-18-5-2-1-3-6-18/h1-10,15-16,21,28H,11-14,17H2. The Kier molecular flexibility index (Phi) is 7.23. The molecule has 0 radical (unpaired) electrons. The molecule has 0 atom stereocenters. The highest BCUT2D eigenvalue weighted by Crippen LogP contribution is 2.24. The zero-order valence-electron chi connectivity index (χ0n) is 18.3. The second-order valence-electron chi connectivity index (χ2n) is 8.02. The fraction of sp³-hybridized carbons (Fsp3) is 0.240. The Morgan fingerprint density at radius 1 is 0.971 bits per heavy atom. The Morgan fingerprint density at radius 2 is 1.71 bits per heavy atom. The van der Waals surface area contributed by atoms with Crippen LogP contribution in [0.1, 0.15) is 28.8 Å². The van der Waals surface area contributed by atoms with E-state index in [-0.39, 0.29) is 34.8 Å². The number of hydrogen-bond acceptors (Lipinski definition) is 4. The molecule has 1 heterocycles. The van der Waals surface area contributed by atoms with E-state index < -0.39 is 21.7 Å². The topological polar surface area (TPSA) is 75.7 Å². The zero-order chi connectivity index (χ0) is 24.1. The molecule has 0 saturated carbocycles. The molecule has 1 fully saturated rings. The summed E-state index contributed by atoms with van der Waals surface area (Å²) in [6, 6.07) is 18.2. The number of halogens is 2. The lowest BCUT2D eigenvalue weighted by Gasteiger charge is -2.32. The molecule has 1 aliphatic rings. The number of hydrogen-bond donors (Lipinski definition) is 1. The average Bonchev–Trinajstić information content (AvgIpc) is 2.85. The van der Waals surface area contributed by atoms with Crippen LogP contribution < -0.4 is 9.46 Å². The van der Waals surface area contributed by atoms with Crippen molar-refractivity contribution in [3.05, 3.63) is 95.6 Å². The van der Waals surface area contributed by atoms with Gasteiger partial charge in [-0.2, -0.15) is 0 Å². The van der Waals surface area contributed by atoms with Crippen LogP contribution in [0.2, 0.25) is 0 Å². The van der Waals surface area contributed by atoms with E-state index in [1.54, 1.807) is 11.0 Å². The van der Waals surface area contributed by atoms with Crippen molar-refractivity contribution >= 4 is 15.9 Å². The SMILES string of the molecule is O=C(c1cccc(S(=O)(=O)NCc2ccccc2)c1)N1CCC(Oc2ccc(F)cc2F)CC1. The molecule has 1 saturated heterocycles. The molecule has 1 N–H and O–H groups in total. The first-order chi connectivity index (χ1) is 16.3. The Balaban J connectivity index is 1.37. The van der Waals surface area contributed by atoms with Crippen LogP contribution in [0.25, 0.3) is 0 Å². The van der Waals surface area contributed by atoms with E-state index in [4.69, 9.17) is 4.74 Å². The summed E-state index contributed by atoms with van der Waals surface area (Å²) >= 11 is 0. The Hall–Kier alpha value is -3.30. The molecule has 1 aliphatic heterocycles. The van der Waals surface area contributed by atoms with Crippen LogP contribution in [0.5, 0.6) is 5.75 Å². The number of benzene rings is 3. The maximum Gasteiger partial charge on any atom is 0.253 e. The summed E-state index contributed by atoms with van der Waals surface area (Å²) in [6.45, 7) is 0.884. The first kappa shape index (κ1) is 23.8. The predicted molar refractivity (Wildman–Crippen MR) is 123 cm³/mol. The summed E-state index contributed by atoms with van der Waals surface area (Å²) in [7, 11) is -3.80. The highest BCUT2D eigenvalue weighted by atomic mass is 32.2. The molecule has 0 unspecified atom stereocenters. The fourth-order valence-electron chi connectivity index (χ4n) is 3.76. The largest absolute Gasteiger partial charge is 0.487 e. The van der Waals surface area contributed by atoms with Crippen LogP contribution in [0.3, 0.4) is 0 Å². The number of carbonyl (C=O) groups excluding carboxylic acids is 1. The van der Waals surface area contributed by atoms with Gasteiger partial charge in [0.15, 0.2) is 11.6 Å². The molecular weight excluding hydrogens is 462 g/mol. The van der Waals surface area contributed by atoms with Crippen molar-refractivity contribution in [2.45, 2.75) is 30.4 Å². The van der Waals surface area contributed by atoms with E-state index in [2.05, 4.69) is 4.72 Å². The average molecular weight is 487 g/mol. The Morgan fingerprint density at radius 3 is 2.41 bits per heavy atom. The van der Waals surface area contributed by atoms with Gasteiger partial charge in [0.05, 0.1) is 4.90 Å². The van der Waals surface area contributed by atoms with E-state index in [0.717, 1.165) is 17.7 Å². The van der Waals surface area contributed by atoms with Gasteiger partial charge in [0.1, 0.15) is 11.9 Å². The number of ether oxygens (including phenoxy) is 1. The van der Waals surface area contributed by atoms with Crippen LogP contribution in [0.15, 0.2) is 77.7 Å². The van der Waals surface area contributed by atoms with Gasteiger partial charge in [0, 0.05) is 44.1 Å². The minimum Gasteiger partial charge on any atom is -0.487 e. The quantitative estimate of drug-likeness (QED) is 0.545. The molecule has 0 aromatic heterocycles. The van der Waals surface area contributed by atoms with Gasteiger partial charge < -0.3 is 9.64 Å². The first-order valence-electron chi connectivity index (χ1n) is 10.9. The first-order valence-corrected chi connectivity index (χ1v) is 12.3. The highest BCUT2D eigenvalue weighted by Gasteiger charge is 2.26. The number of sulfonamides is 1. The smallest absolute Gasteiger partial charge is 0.253 e. The second-order valence-corrected chi connectivity index (χ2v) is 9.79. The van der Waals surface area contributed by atoms with Crippen LogP contribution in [-0.2, 0) is 16.6 Å². The summed E-state index contributed by atoms with van der Waals surface area (Å²) in [5, 5.41) is 0. The molecule has 3 aromatic rings.